The number of ketones is 1. The second-order valence-corrected chi connectivity index (χ2v) is 7.34. The van der Waals surface area contributed by atoms with Gasteiger partial charge in [-0.15, -0.1) is 5.11 Å². The van der Waals surface area contributed by atoms with Crippen molar-refractivity contribution in [2.75, 3.05) is 32.8 Å². The number of hydrogen-bond donors (Lipinski definition) is 1. The summed E-state index contributed by atoms with van der Waals surface area (Å²) in [6.07, 6.45) is 0. The summed E-state index contributed by atoms with van der Waals surface area (Å²) in [4.78, 5) is 25.1. The summed E-state index contributed by atoms with van der Waals surface area (Å²) < 4.78 is 21.5. The van der Waals surface area contributed by atoms with Gasteiger partial charge in [-0.1, -0.05) is 23.2 Å². The number of hydrogen-bond acceptors (Lipinski definition) is 8. The SMILES string of the molecule is CCOc1cc(NC(=O)C(N=Nc2c(OC)cc(Cl)cc2OC)C(C)=O)cc(OCC)c1Cl. The molecule has 0 aliphatic heterocycles. The van der Waals surface area contributed by atoms with Gasteiger partial charge in [-0.25, -0.2) is 0 Å². The number of nitrogens with one attached hydrogen (secondary N) is 1. The Morgan fingerprint density at radius 1 is 0.939 bits per heavy atom. The van der Waals surface area contributed by atoms with Crippen LogP contribution in [0.3, 0.4) is 0 Å². The van der Waals surface area contributed by atoms with E-state index in [1.807, 2.05) is 0 Å². The molecule has 2 aromatic rings. The minimum atomic E-state index is -1.43. The molecule has 0 fully saturated rings. The molecule has 2 aromatic carbocycles. The van der Waals surface area contributed by atoms with Gasteiger partial charge in [-0.05, 0) is 20.8 Å². The summed E-state index contributed by atoms with van der Waals surface area (Å²) in [5.41, 5.74) is 0.506. The molecule has 0 aromatic heterocycles. The lowest BCUT2D eigenvalue weighted by Gasteiger charge is -2.15. The molecule has 178 valence electrons. The van der Waals surface area contributed by atoms with Crippen LogP contribution in [0, 0.1) is 0 Å². The molecule has 0 bridgehead atoms. The van der Waals surface area contributed by atoms with E-state index in [1.54, 1.807) is 13.8 Å². The molecule has 0 radical (unpaired) electrons. The highest BCUT2D eigenvalue weighted by atomic mass is 35.5. The molecule has 2 rings (SSSR count). The number of carbonyl (C=O) groups is 2. The van der Waals surface area contributed by atoms with Gasteiger partial charge in [0.25, 0.3) is 5.91 Å². The Labute approximate surface area is 202 Å². The van der Waals surface area contributed by atoms with E-state index >= 15 is 0 Å². The summed E-state index contributed by atoms with van der Waals surface area (Å²) in [6.45, 7) is 5.55. The summed E-state index contributed by atoms with van der Waals surface area (Å²) in [5.74, 6) is -0.0240. The van der Waals surface area contributed by atoms with Crippen molar-refractivity contribution in [1.82, 2.24) is 0 Å². The number of ether oxygens (including phenoxy) is 4. The van der Waals surface area contributed by atoms with Crippen LogP contribution in [-0.4, -0.2) is 45.2 Å². The molecule has 1 unspecified atom stereocenters. The number of nitrogens with zero attached hydrogens (tertiary/aromatic N) is 2. The predicted octanol–water partition coefficient (Wildman–Crippen LogP) is 5.49. The number of Topliss-reactive ketones (excluding diaryl/α,β-unsaturated/α-hetero) is 1. The van der Waals surface area contributed by atoms with E-state index in [9.17, 15) is 9.59 Å². The Hall–Kier alpha value is -3.04. The molecule has 0 aliphatic carbocycles. The monoisotopic (exact) mass is 497 g/mol. The fraction of sp³-hybridized carbons (Fsp3) is 0.364. The highest BCUT2D eigenvalue weighted by molar-refractivity contribution is 6.33. The van der Waals surface area contributed by atoms with Crippen LogP contribution in [0.25, 0.3) is 0 Å². The van der Waals surface area contributed by atoms with Gasteiger partial charge in [0.15, 0.2) is 23.0 Å². The van der Waals surface area contributed by atoms with Crippen molar-refractivity contribution in [2.24, 2.45) is 10.2 Å². The van der Waals surface area contributed by atoms with Crippen molar-refractivity contribution in [2.45, 2.75) is 26.8 Å². The Bertz CT molecular complexity index is 993. The van der Waals surface area contributed by atoms with Gasteiger partial charge in [0.2, 0.25) is 6.04 Å². The zero-order chi connectivity index (χ0) is 24.5. The quantitative estimate of drug-likeness (QED) is 0.324. The standard InChI is InChI=1S/C22H25Cl2N3O6/c1-6-32-15-10-14(11-16(19(15)24)33-7-2)25-22(29)20(12(3)28)26-27-21-17(30-4)8-13(23)9-18(21)31-5/h8-11,20H,6-7H2,1-5H3,(H,25,29). The highest BCUT2D eigenvalue weighted by Crippen LogP contribution is 2.41. The van der Waals surface area contributed by atoms with Gasteiger partial charge >= 0.3 is 0 Å². The maximum atomic E-state index is 12.9. The van der Waals surface area contributed by atoms with E-state index in [4.69, 9.17) is 42.1 Å². The number of anilines is 1. The number of rotatable bonds is 11. The topological polar surface area (TPSA) is 108 Å². The molecule has 0 spiro atoms. The van der Waals surface area contributed by atoms with Crippen LogP contribution < -0.4 is 24.3 Å². The third-order valence-electron chi connectivity index (χ3n) is 4.22. The lowest BCUT2D eigenvalue weighted by atomic mass is 10.2. The normalized spacial score (nSPS) is 11.7. The van der Waals surface area contributed by atoms with Gasteiger partial charge in [-0.3, -0.25) is 9.59 Å². The van der Waals surface area contributed by atoms with Gasteiger partial charge in [0, 0.05) is 35.0 Å². The molecular weight excluding hydrogens is 473 g/mol. The van der Waals surface area contributed by atoms with Crippen molar-refractivity contribution in [3.05, 3.63) is 34.3 Å². The first-order valence-corrected chi connectivity index (χ1v) is 10.7. The molecule has 33 heavy (non-hydrogen) atoms. The van der Waals surface area contributed by atoms with E-state index in [2.05, 4.69) is 15.5 Å². The molecule has 11 heteroatoms. The minimum Gasteiger partial charge on any atom is -0.494 e. The molecule has 0 heterocycles. The summed E-state index contributed by atoms with van der Waals surface area (Å²) in [6, 6.07) is 4.66. The second-order valence-electron chi connectivity index (χ2n) is 6.53. The van der Waals surface area contributed by atoms with Crippen LogP contribution in [0.2, 0.25) is 10.0 Å². The Kier molecular flexibility index (Phi) is 9.74. The summed E-state index contributed by atoms with van der Waals surface area (Å²) >= 11 is 12.3. The van der Waals surface area contributed by atoms with Crippen molar-refractivity contribution < 1.29 is 28.5 Å². The average molecular weight is 498 g/mol. The lowest BCUT2D eigenvalue weighted by molar-refractivity contribution is -0.126. The van der Waals surface area contributed by atoms with Crippen LogP contribution in [-0.2, 0) is 9.59 Å². The van der Waals surface area contributed by atoms with E-state index in [0.717, 1.165) is 0 Å². The molecule has 0 saturated heterocycles. The van der Waals surface area contributed by atoms with Crippen molar-refractivity contribution in [3.63, 3.8) is 0 Å². The number of carbonyl (C=O) groups excluding carboxylic acids is 2. The van der Waals surface area contributed by atoms with E-state index in [0.29, 0.717) is 35.4 Å². The molecular formula is C22H25Cl2N3O6. The van der Waals surface area contributed by atoms with Gasteiger partial charge in [0.05, 0.1) is 27.4 Å². The third-order valence-corrected chi connectivity index (χ3v) is 4.82. The Morgan fingerprint density at radius 3 is 1.88 bits per heavy atom. The van der Waals surface area contributed by atoms with Crippen LogP contribution >= 0.6 is 23.2 Å². The number of amides is 1. The van der Waals surface area contributed by atoms with Gasteiger partial charge in [0.1, 0.15) is 16.5 Å². The first-order chi connectivity index (χ1) is 15.7. The second kappa shape index (κ2) is 12.3. The molecule has 9 nitrogen and oxygen atoms in total. The molecule has 1 amide bonds. The fourth-order valence-electron chi connectivity index (χ4n) is 2.77. The van der Waals surface area contributed by atoms with Gasteiger partial charge < -0.3 is 24.3 Å². The maximum absolute atomic E-state index is 12.9. The lowest BCUT2D eigenvalue weighted by Crippen LogP contribution is -2.31. The highest BCUT2D eigenvalue weighted by Gasteiger charge is 2.25. The van der Waals surface area contributed by atoms with Crippen LogP contribution in [0.4, 0.5) is 11.4 Å². The van der Waals surface area contributed by atoms with Crippen LogP contribution in [0.1, 0.15) is 20.8 Å². The number of benzene rings is 2. The molecule has 1 N–H and O–H groups in total. The first kappa shape index (κ1) is 26.2. The molecule has 0 saturated carbocycles. The zero-order valence-corrected chi connectivity index (χ0v) is 20.4. The van der Waals surface area contributed by atoms with Crippen LogP contribution in [0.15, 0.2) is 34.5 Å². The molecule has 0 aliphatic rings. The number of azo groups is 1. The van der Waals surface area contributed by atoms with Crippen molar-refractivity contribution in [1.29, 1.82) is 0 Å². The van der Waals surface area contributed by atoms with Gasteiger partial charge in [-0.2, -0.15) is 5.11 Å². The minimum absolute atomic E-state index is 0.187. The average Bonchev–Trinajstić information content (AvgIpc) is 2.77. The zero-order valence-electron chi connectivity index (χ0n) is 18.9. The van der Waals surface area contributed by atoms with E-state index < -0.39 is 17.7 Å². The third kappa shape index (κ3) is 6.72. The number of halogens is 2. The fourth-order valence-corrected chi connectivity index (χ4v) is 3.19. The maximum Gasteiger partial charge on any atom is 0.258 e. The van der Waals surface area contributed by atoms with Crippen LogP contribution in [0.5, 0.6) is 23.0 Å². The number of methoxy groups -OCH3 is 2. The van der Waals surface area contributed by atoms with Crippen molar-refractivity contribution >= 4 is 46.3 Å². The largest absolute Gasteiger partial charge is 0.494 e. The summed E-state index contributed by atoms with van der Waals surface area (Å²) in [7, 11) is 2.84. The smallest absolute Gasteiger partial charge is 0.258 e. The Morgan fingerprint density at radius 2 is 1.45 bits per heavy atom. The van der Waals surface area contributed by atoms with E-state index in [-0.39, 0.29) is 22.2 Å². The first-order valence-electron chi connectivity index (χ1n) is 9.98. The van der Waals surface area contributed by atoms with E-state index in [1.165, 1.54) is 45.4 Å². The van der Waals surface area contributed by atoms with Crippen molar-refractivity contribution in [3.8, 4) is 23.0 Å². The molecule has 1 atom stereocenters. The predicted molar refractivity (Wildman–Crippen MR) is 126 cm³/mol. The Balaban J connectivity index is 2.37. The summed E-state index contributed by atoms with van der Waals surface area (Å²) in [5, 5.41) is 11.3.